The monoisotopic (exact) mass is 225 g/mol. The first-order chi connectivity index (χ1) is 6.79. The Hall–Kier alpha value is -0.970. The molecule has 0 aliphatic rings. The number of hydrogen-bond acceptors (Lipinski definition) is 4. The van der Waals surface area contributed by atoms with Crippen molar-refractivity contribution in [2.24, 2.45) is 5.73 Å². The SMILES string of the molecule is NC(c1cnns1)c1ccccc1Cl. The Labute approximate surface area is 90.7 Å². The van der Waals surface area contributed by atoms with Crippen LogP contribution in [0.1, 0.15) is 16.5 Å². The van der Waals surface area contributed by atoms with Gasteiger partial charge in [-0.15, -0.1) is 5.10 Å². The molecule has 1 aromatic heterocycles. The number of benzene rings is 1. The fraction of sp³-hybridized carbons (Fsp3) is 0.111. The molecule has 0 fully saturated rings. The minimum Gasteiger partial charge on any atom is -0.319 e. The average molecular weight is 226 g/mol. The number of hydrogen-bond donors (Lipinski definition) is 1. The largest absolute Gasteiger partial charge is 0.319 e. The topological polar surface area (TPSA) is 51.8 Å². The van der Waals surface area contributed by atoms with Crippen LogP contribution < -0.4 is 5.73 Å². The van der Waals surface area contributed by atoms with Gasteiger partial charge in [-0.25, -0.2) is 0 Å². The third kappa shape index (κ3) is 1.77. The van der Waals surface area contributed by atoms with Crippen LogP contribution in [-0.2, 0) is 0 Å². The molecule has 2 N–H and O–H groups in total. The van der Waals surface area contributed by atoms with E-state index in [1.54, 1.807) is 6.20 Å². The second-order valence-corrected chi connectivity index (χ2v) is 4.04. The lowest BCUT2D eigenvalue weighted by atomic mass is 10.1. The summed E-state index contributed by atoms with van der Waals surface area (Å²) in [7, 11) is 0. The van der Waals surface area contributed by atoms with Crippen LogP contribution in [0.4, 0.5) is 0 Å². The highest BCUT2D eigenvalue weighted by Gasteiger charge is 2.13. The predicted octanol–water partition coefficient (Wildman–Crippen LogP) is 2.24. The number of nitrogens with zero attached hydrogens (tertiary/aromatic N) is 2. The summed E-state index contributed by atoms with van der Waals surface area (Å²) < 4.78 is 3.77. The predicted molar refractivity (Wildman–Crippen MR) is 57.4 cm³/mol. The molecule has 0 saturated heterocycles. The molecule has 1 unspecified atom stereocenters. The van der Waals surface area contributed by atoms with Gasteiger partial charge < -0.3 is 5.73 Å². The van der Waals surface area contributed by atoms with Crippen LogP contribution in [-0.4, -0.2) is 9.59 Å². The Balaban J connectivity index is 2.37. The van der Waals surface area contributed by atoms with E-state index in [0.29, 0.717) is 5.02 Å². The van der Waals surface area contributed by atoms with Gasteiger partial charge >= 0.3 is 0 Å². The van der Waals surface area contributed by atoms with Crippen LogP contribution in [0.5, 0.6) is 0 Å². The summed E-state index contributed by atoms with van der Waals surface area (Å²) in [6.45, 7) is 0. The summed E-state index contributed by atoms with van der Waals surface area (Å²) in [5.41, 5.74) is 6.91. The Morgan fingerprint density at radius 2 is 2.14 bits per heavy atom. The molecule has 14 heavy (non-hydrogen) atoms. The van der Waals surface area contributed by atoms with Crippen molar-refractivity contribution in [3.8, 4) is 0 Å². The van der Waals surface area contributed by atoms with Gasteiger partial charge in [0.05, 0.1) is 17.1 Å². The third-order valence-corrected chi connectivity index (χ3v) is 3.02. The van der Waals surface area contributed by atoms with Crippen LogP contribution in [0.3, 0.4) is 0 Å². The van der Waals surface area contributed by atoms with Crippen LogP contribution in [0.2, 0.25) is 5.02 Å². The Kier molecular flexibility index (Phi) is 2.77. The highest BCUT2D eigenvalue weighted by molar-refractivity contribution is 7.05. The van der Waals surface area contributed by atoms with Crippen molar-refractivity contribution in [3.63, 3.8) is 0 Å². The second kappa shape index (κ2) is 4.04. The van der Waals surface area contributed by atoms with E-state index in [1.165, 1.54) is 11.5 Å². The average Bonchev–Trinajstić information content (AvgIpc) is 2.70. The molecule has 0 radical (unpaired) electrons. The number of halogens is 1. The quantitative estimate of drug-likeness (QED) is 0.853. The summed E-state index contributed by atoms with van der Waals surface area (Å²) in [6, 6.07) is 7.29. The molecule has 2 aromatic rings. The highest BCUT2D eigenvalue weighted by Crippen LogP contribution is 2.26. The molecule has 1 aromatic carbocycles. The second-order valence-electron chi connectivity index (χ2n) is 2.82. The minimum atomic E-state index is -0.233. The van der Waals surface area contributed by atoms with E-state index in [4.69, 9.17) is 17.3 Å². The normalized spacial score (nSPS) is 12.7. The first-order valence-corrected chi connectivity index (χ1v) is 5.21. The molecule has 1 heterocycles. The van der Waals surface area contributed by atoms with Crippen molar-refractivity contribution in [1.29, 1.82) is 0 Å². The van der Waals surface area contributed by atoms with E-state index in [-0.39, 0.29) is 6.04 Å². The van der Waals surface area contributed by atoms with Gasteiger partial charge in [0.2, 0.25) is 0 Å². The van der Waals surface area contributed by atoms with Gasteiger partial charge in [-0.1, -0.05) is 34.3 Å². The standard InChI is InChI=1S/C9H8ClN3S/c10-7-4-2-1-3-6(7)9(11)8-5-12-13-14-8/h1-5,9H,11H2. The molecule has 5 heteroatoms. The van der Waals surface area contributed by atoms with Crippen molar-refractivity contribution in [2.45, 2.75) is 6.04 Å². The van der Waals surface area contributed by atoms with Crippen LogP contribution >= 0.6 is 23.1 Å². The van der Waals surface area contributed by atoms with Gasteiger partial charge in [-0.05, 0) is 23.2 Å². The molecule has 2 rings (SSSR count). The molecular weight excluding hydrogens is 218 g/mol. The maximum atomic E-state index is 6.02. The van der Waals surface area contributed by atoms with Gasteiger partial charge in [0, 0.05) is 5.02 Å². The van der Waals surface area contributed by atoms with Crippen LogP contribution in [0.25, 0.3) is 0 Å². The number of rotatable bonds is 2. The number of nitrogens with two attached hydrogens (primary N) is 1. The van der Waals surface area contributed by atoms with Gasteiger partial charge in [-0.3, -0.25) is 0 Å². The summed E-state index contributed by atoms with van der Waals surface area (Å²) in [5, 5.41) is 4.42. The molecule has 0 aliphatic carbocycles. The van der Waals surface area contributed by atoms with Crippen molar-refractivity contribution >= 4 is 23.1 Å². The van der Waals surface area contributed by atoms with E-state index >= 15 is 0 Å². The van der Waals surface area contributed by atoms with Crippen LogP contribution in [0, 0.1) is 0 Å². The van der Waals surface area contributed by atoms with E-state index in [0.717, 1.165) is 10.4 Å². The van der Waals surface area contributed by atoms with Crippen molar-refractivity contribution in [3.05, 3.63) is 45.9 Å². The van der Waals surface area contributed by atoms with Crippen molar-refractivity contribution in [1.82, 2.24) is 9.59 Å². The fourth-order valence-electron chi connectivity index (χ4n) is 1.19. The fourth-order valence-corrected chi connectivity index (χ4v) is 1.97. The highest BCUT2D eigenvalue weighted by atomic mass is 35.5. The van der Waals surface area contributed by atoms with E-state index in [9.17, 15) is 0 Å². The Bertz CT molecular complexity index is 416. The lowest BCUT2D eigenvalue weighted by Gasteiger charge is -2.09. The summed E-state index contributed by atoms with van der Waals surface area (Å²) in [6.07, 6.45) is 1.67. The van der Waals surface area contributed by atoms with Crippen molar-refractivity contribution in [2.75, 3.05) is 0 Å². The zero-order valence-corrected chi connectivity index (χ0v) is 8.79. The van der Waals surface area contributed by atoms with Gasteiger partial charge in [-0.2, -0.15) is 0 Å². The maximum Gasteiger partial charge on any atom is 0.0693 e. The minimum absolute atomic E-state index is 0.233. The molecule has 1 atom stereocenters. The zero-order chi connectivity index (χ0) is 9.97. The molecule has 0 spiro atoms. The number of aromatic nitrogens is 2. The molecule has 3 nitrogen and oxygen atoms in total. The molecular formula is C9H8ClN3S. The zero-order valence-electron chi connectivity index (χ0n) is 7.22. The van der Waals surface area contributed by atoms with E-state index < -0.39 is 0 Å². The molecule has 0 amide bonds. The summed E-state index contributed by atoms with van der Waals surface area (Å²) in [4.78, 5) is 0.915. The lowest BCUT2D eigenvalue weighted by Crippen LogP contribution is -2.10. The first kappa shape index (κ1) is 9.58. The third-order valence-electron chi connectivity index (χ3n) is 1.93. The van der Waals surface area contributed by atoms with E-state index in [2.05, 4.69) is 9.59 Å². The van der Waals surface area contributed by atoms with Gasteiger partial charge in [0.15, 0.2) is 0 Å². The summed E-state index contributed by atoms with van der Waals surface area (Å²) >= 11 is 7.31. The lowest BCUT2D eigenvalue weighted by molar-refractivity contribution is 0.888. The van der Waals surface area contributed by atoms with Crippen molar-refractivity contribution < 1.29 is 0 Å². The Morgan fingerprint density at radius 1 is 1.36 bits per heavy atom. The summed E-state index contributed by atoms with van der Waals surface area (Å²) in [5.74, 6) is 0. The molecule has 0 saturated carbocycles. The van der Waals surface area contributed by atoms with Crippen LogP contribution in [0.15, 0.2) is 30.5 Å². The molecule has 72 valence electrons. The smallest absolute Gasteiger partial charge is 0.0693 e. The van der Waals surface area contributed by atoms with Gasteiger partial charge in [0.1, 0.15) is 0 Å². The molecule has 0 bridgehead atoms. The Morgan fingerprint density at radius 3 is 2.79 bits per heavy atom. The molecule has 0 aliphatic heterocycles. The first-order valence-electron chi connectivity index (χ1n) is 4.06. The van der Waals surface area contributed by atoms with Gasteiger partial charge in [0.25, 0.3) is 0 Å². The van der Waals surface area contributed by atoms with E-state index in [1.807, 2.05) is 24.3 Å². The maximum absolute atomic E-state index is 6.02.